The molecule has 8 heteroatoms. The SMILES string of the molecule is CC(C)(OCc1ccncc1)C(=O)Nc1c[nH]c(=S)[nH]c1=O. The predicted octanol–water partition coefficient (Wildman–Crippen LogP) is 1.76. The molecule has 7 nitrogen and oxygen atoms in total. The Bertz CT molecular complexity index is 767. The van der Waals surface area contributed by atoms with Crippen LogP contribution in [-0.2, 0) is 16.1 Å². The van der Waals surface area contributed by atoms with Gasteiger partial charge in [-0.25, -0.2) is 0 Å². The van der Waals surface area contributed by atoms with Crippen molar-refractivity contribution < 1.29 is 9.53 Å². The quantitative estimate of drug-likeness (QED) is 0.729. The molecular formula is C14H16N4O3S. The Balaban J connectivity index is 2.03. The van der Waals surface area contributed by atoms with Gasteiger partial charge in [0.25, 0.3) is 11.5 Å². The van der Waals surface area contributed by atoms with Gasteiger partial charge in [0.05, 0.1) is 6.61 Å². The summed E-state index contributed by atoms with van der Waals surface area (Å²) in [6, 6.07) is 3.60. The second kappa shape index (κ2) is 6.63. The van der Waals surface area contributed by atoms with Crippen molar-refractivity contribution in [2.75, 3.05) is 5.32 Å². The summed E-state index contributed by atoms with van der Waals surface area (Å²) >= 11 is 4.79. The number of pyridine rings is 1. The molecule has 3 N–H and O–H groups in total. The molecule has 2 aromatic rings. The van der Waals surface area contributed by atoms with E-state index in [-0.39, 0.29) is 17.1 Å². The van der Waals surface area contributed by atoms with Gasteiger partial charge in [-0.3, -0.25) is 19.6 Å². The number of carbonyl (C=O) groups is 1. The third-order valence-corrected chi connectivity index (χ3v) is 3.18. The van der Waals surface area contributed by atoms with Crippen LogP contribution in [0.2, 0.25) is 0 Å². The van der Waals surface area contributed by atoms with Crippen molar-refractivity contribution in [2.45, 2.75) is 26.1 Å². The zero-order valence-corrected chi connectivity index (χ0v) is 13.0. The lowest BCUT2D eigenvalue weighted by Gasteiger charge is -2.24. The Hall–Kier alpha value is -2.32. The van der Waals surface area contributed by atoms with E-state index in [0.29, 0.717) is 0 Å². The first-order valence-corrected chi connectivity index (χ1v) is 6.95. The Morgan fingerprint density at radius 1 is 1.41 bits per heavy atom. The second-order valence-corrected chi connectivity index (χ2v) is 5.50. The van der Waals surface area contributed by atoms with Crippen molar-refractivity contribution in [2.24, 2.45) is 0 Å². The monoisotopic (exact) mass is 320 g/mol. The van der Waals surface area contributed by atoms with Gasteiger partial charge in [0.15, 0.2) is 4.77 Å². The van der Waals surface area contributed by atoms with Gasteiger partial charge >= 0.3 is 0 Å². The number of aromatic amines is 2. The van der Waals surface area contributed by atoms with E-state index >= 15 is 0 Å². The van der Waals surface area contributed by atoms with Crippen molar-refractivity contribution in [1.29, 1.82) is 0 Å². The Labute approximate surface area is 131 Å². The molecule has 0 saturated heterocycles. The van der Waals surface area contributed by atoms with Crippen molar-refractivity contribution in [1.82, 2.24) is 15.0 Å². The third-order valence-electron chi connectivity index (χ3n) is 2.96. The summed E-state index contributed by atoms with van der Waals surface area (Å²) in [4.78, 5) is 32.9. The van der Waals surface area contributed by atoms with Crippen LogP contribution in [-0.4, -0.2) is 26.5 Å². The topological polar surface area (TPSA) is 99.9 Å². The summed E-state index contributed by atoms with van der Waals surface area (Å²) in [5, 5.41) is 2.52. The molecule has 2 heterocycles. The van der Waals surface area contributed by atoms with Crippen LogP contribution in [0.25, 0.3) is 0 Å². The van der Waals surface area contributed by atoms with Crippen LogP contribution in [0.1, 0.15) is 19.4 Å². The fourth-order valence-corrected chi connectivity index (χ4v) is 1.74. The van der Waals surface area contributed by atoms with E-state index in [1.807, 2.05) is 0 Å². The largest absolute Gasteiger partial charge is 0.361 e. The lowest BCUT2D eigenvalue weighted by molar-refractivity contribution is -0.138. The number of hydrogen-bond donors (Lipinski definition) is 3. The molecule has 0 saturated carbocycles. The van der Waals surface area contributed by atoms with Crippen LogP contribution in [0.5, 0.6) is 0 Å². The van der Waals surface area contributed by atoms with Gasteiger partial charge in [0.1, 0.15) is 11.3 Å². The minimum absolute atomic E-state index is 0.0826. The highest BCUT2D eigenvalue weighted by atomic mass is 32.1. The Morgan fingerprint density at radius 3 is 2.73 bits per heavy atom. The van der Waals surface area contributed by atoms with Gasteiger partial charge in [-0.15, -0.1) is 0 Å². The van der Waals surface area contributed by atoms with E-state index in [0.717, 1.165) is 5.56 Å². The fraction of sp³-hybridized carbons (Fsp3) is 0.286. The molecule has 0 atom stereocenters. The fourth-order valence-electron chi connectivity index (χ4n) is 1.58. The number of H-pyrrole nitrogens is 2. The van der Waals surface area contributed by atoms with Gasteiger partial charge in [-0.05, 0) is 43.8 Å². The predicted molar refractivity (Wildman–Crippen MR) is 84.0 cm³/mol. The average Bonchev–Trinajstić information content (AvgIpc) is 2.49. The Kier molecular flexibility index (Phi) is 4.84. The van der Waals surface area contributed by atoms with E-state index in [1.165, 1.54) is 6.20 Å². The number of nitrogens with zero attached hydrogens (tertiary/aromatic N) is 1. The molecule has 0 aliphatic rings. The maximum absolute atomic E-state index is 12.3. The zero-order chi connectivity index (χ0) is 16.2. The summed E-state index contributed by atoms with van der Waals surface area (Å²) < 4.78 is 5.82. The van der Waals surface area contributed by atoms with Crippen LogP contribution in [0.4, 0.5) is 5.69 Å². The molecule has 22 heavy (non-hydrogen) atoms. The minimum atomic E-state index is -1.11. The molecule has 0 aromatic carbocycles. The molecular weight excluding hydrogens is 304 g/mol. The first kappa shape index (κ1) is 16.1. The van der Waals surface area contributed by atoms with E-state index in [9.17, 15) is 9.59 Å². The summed E-state index contributed by atoms with van der Waals surface area (Å²) in [5.41, 5.74) is -0.596. The first-order chi connectivity index (χ1) is 10.4. The van der Waals surface area contributed by atoms with Gasteiger partial charge in [0.2, 0.25) is 0 Å². The highest BCUT2D eigenvalue weighted by molar-refractivity contribution is 7.71. The Morgan fingerprint density at radius 2 is 2.09 bits per heavy atom. The molecule has 0 unspecified atom stereocenters. The standard InChI is InChI=1S/C14H16N4O3S/c1-14(2,21-8-9-3-5-15-6-4-9)12(20)17-10-7-16-13(22)18-11(10)19/h3-7H,8H2,1-2H3,(H,17,20)(H2,16,18,19,22). The molecule has 0 radical (unpaired) electrons. The van der Waals surface area contributed by atoms with E-state index in [4.69, 9.17) is 17.0 Å². The minimum Gasteiger partial charge on any atom is -0.361 e. The summed E-state index contributed by atoms with van der Waals surface area (Å²) in [6.07, 6.45) is 4.65. The van der Waals surface area contributed by atoms with Crippen LogP contribution in [0.3, 0.4) is 0 Å². The number of amides is 1. The summed E-state index contributed by atoms with van der Waals surface area (Å²) in [6.45, 7) is 3.52. The van der Waals surface area contributed by atoms with Gasteiger partial charge in [-0.1, -0.05) is 0 Å². The lowest BCUT2D eigenvalue weighted by Crippen LogP contribution is -2.40. The summed E-state index contributed by atoms with van der Waals surface area (Å²) in [5.74, 6) is -0.433. The number of ether oxygens (including phenoxy) is 1. The molecule has 0 fully saturated rings. The van der Waals surface area contributed by atoms with Crippen molar-refractivity contribution in [3.8, 4) is 0 Å². The lowest BCUT2D eigenvalue weighted by atomic mass is 10.1. The van der Waals surface area contributed by atoms with Crippen LogP contribution >= 0.6 is 12.2 Å². The van der Waals surface area contributed by atoms with Gasteiger partial charge in [-0.2, -0.15) is 0 Å². The molecule has 116 valence electrons. The second-order valence-electron chi connectivity index (χ2n) is 5.09. The number of carbonyl (C=O) groups excluding carboxylic acids is 1. The number of hydrogen-bond acceptors (Lipinski definition) is 5. The molecule has 0 aliphatic carbocycles. The molecule has 0 aliphatic heterocycles. The number of aromatic nitrogens is 3. The normalized spacial score (nSPS) is 11.2. The highest BCUT2D eigenvalue weighted by Crippen LogP contribution is 2.15. The molecule has 2 rings (SSSR count). The molecule has 0 bridgehead atoms. The number of anilines is 1. The molecule has 2 aromatic heterocycles. The maximum Gasteiger partial charge on any atom is 0.275 e. The van der Waals surface area contributed by atoms with Crippen molar-refractivity contribution >= 4 is 23.8 Å². The molecule has 1 amide bonds. The summed E-state index contributed by atoms with van der Waals surface area (Å²) in [7, 11) is 0. The van der Waals surface area contributed by atoms with Gasteiger partial charge in [0, 0.05) is 18.6 Å². The third kappa shape index (κ3) is 4.09. The van der Waals surface area contributed by atoms with E-state index in [2.05, 4.69) is 20.3 Å². The van der Waals surface area contributed by atoms with Crippen LogP contribution < -0.4 is 10.9 Å². The van der Waals surface area contributed by atoms with Crippen molar-refractivity contribution in [3.63, 3.8) is 0 Å². The smallest absolute Gasteiger partial charge is 0.275 e. The van der Waals surface area contributed by atoms with Crippen LogP contribution in [0.15, 0.2) is 35.5 Å². The van der Waals surface area contributed by atoms with Gasteiger partial charge < -0.3 is 15.0 Å². The maximum atomic E-state index is 12.3. The number of nitrogens with one attached hydrogen (secondary N) is 3. The zero-order valence-electron chi connectivity index (χ0n) is 12.2. The molecule has 0 spiro atoms. The van der Waals surface area contributed by atoms with Crippen molar-refractivity contribution in [3.05, 3.63) is 51.4 Å². The van der Waals surface area contributed by atoms with E-state index in [1.54, 1.807) is 38.4 Å². The number of rotatable bonds is 5. The van der Waals surface area contributed by atoms with Crippen LogP contribution in [0, 0.1) is 4.77 Å². The first-order valence-electron chi connectivity index (χ1n) is 6.55. The average molecular weight is 320 g/mol. The van der Waals surface area contributed by atoms with E-state index < -0.39 is 17.1 Å². The highest BCUT2D eigenvalue weighted by Gasteiger charge is 2.29.